The number of aromatic nitrogens is 2. The minimum absolute atomic E-state index is 0.0927. The number of rotatable bonds is 5. The molecule has 1 aliphatic rings. The Hall–Kier alpha value is -3.15. The molecule has 0 saturated carbocycles. The van der Waals surface area contributed by atoms with Crippen LogP contribution in [0.15, 0.2) is 55.2 Å². The van der Waals surface area contributed by atoms with Crippen LogP contribution in [0.3, 0.4) is 0 Å². The number of benzene rings is 1. The van der Waals surface area contributed by atoms with Crippen molar-refractivity contribution < 1.29 is 8.78 Å². The van der Waals surface area contributed by atoms with Gasteiger partial charge in [0.15, 0.2) is 5.82 Å². The fourth-order valence-electron chi connectivity index (χ4n) is 3.09. The van der Waals surface area contributed by atoms with E-state index in [1.165, 1.54) is 12.1 Å². The van der Waals surface area contributed by atoms with Crippen LogP contribution in [-0.4, -0.2) is 14.9 Å². The highest BCUT2D eigenvalue weighted by molar-refractivity contribution is 5.80. The highest BCUT2D eigenvalue weighted by atomic mass is 19.1. The summed E-state index contributed by atoms with van der Waals surface area (Å²) in [5, 5.41) is 0. The predicted octanol–water partition coefficient (Wildman–Crippen LogP) is 5.15. The van der Waals surface area contributed by atoms with Gasteiger partial charge in [-0.3, -0.25) is 0 Å². The molecule has 27 heavy (non-hydrogen) atoms. The van der Waals surface area contributed by atoms with Crippen molar-refractivity contribution in [3.63, 3.8) is 0 Å². The number of anilines is 1. The fraction of sp³-hybridized carbons (Fsp3) is 0.190. The summed E-state index contributed by atoms with van der Waals surface area (Å²) in [4.78, 5) is 9.43. The van der Waals surface area contributed by atoms with Gasteiger partial charge in [-0.05, 0) is 31.6 Å². The van der Waals surface area contributed by atoms with Crippen LogP contribution >= 0.6 is 0 Å². The molecule has 140 valence electrons. The number of imidazole rings is 1. The zero-order valence-corrected chi connectivity index (χ0v) is 15.4. The molecule has 0 aliphatic carbocycles. The molecule has 0 spiro atoms. The molecule has 6 heteroatoms. The summed E-state index contributed by atoms with van der Waals surface area (Å²) in [6.07, 6.45) is 10.2. The smallest absolute Gasteiger partial charge is 0.156 e. The minimum atomic E-state index is -0.766. The summed E-state index contributed by atoms with van der Waals surface area (Å²) in [5.74, 6) is -0.652. The molecule has 0 fully saturated rings. The molecule has 2 heterocycles. The molecule has 4 nitrogen and oxygen atoms in total. The summed E-state index contributed by atoms with van der Waals surface area (Å²) >= 11 is 0. The number of allylic oxidation sites excluding steroid dienone is 4. The number of H-pyrrole nitrogens is 1. The Kier molecular flexibility index (Phi) is 5.26. The van der Waals surface area contributed by atoms with Gasteiger partial charge in [0, 0.05) is 35.4 Å². The summed E-state index contributed by atoms with van der Waals surface area (Å²) < 4.78 is 28.7. The highest BCUT2D eigenvalue weighted by Gasteiger charge is 2.21. The minimum Gasteiger partial charge on any atom is -0.396 e. The molecule has 3 rings (SSSR count). The average Bonchev–Trinajstić information content (AvgIpc) is 3.09. The van der Waals surface area contributed by atoms with E-state index in [-0.39, 0.29) is 11.3 Å². The molecular weight excluding hydrogens is 346 g/mol. The lowest BCUT2D eigenvalue weighted by Crippen LogP contribution is -2.15. The summed E-state index contributed by atoms with van der Waals surface area (Å²) in [7, 11) is 0. The number of halogens is 2. The van der Waals surface area contributed by atoms with E-state index in [1.54, 1.807) is 29.6 Å². The zero-order chi connectivity index (χ0) is 19.6. The van der Waals surface area contributed by atoms with Crippen molar-refractivity contribution in [3.8, 4) is 0 Å². The van der Waals surface area contributed by atoms with Crippen molar-refractivity contribution in [1.29, 1.82) is 0 Å². The molecule has 3 N–H and O–H groups in total. The van der Waals surface area contributed by atoms with Gasteiger partial charge in [0.2, 0.25) is 0 Å². The Morgan fingerprint density at radius 1 is 1.33 bits per heavy atom. The SMILES string of the molecule is C=CN1C=C(c2c(F)ccc(N)c2F)C=C/C1=C(/CCC)c1ncc(C)[nH]1. The summed E-state index contributed by atoms with van der Waals surface area (Å²) in [6.45, 7) is 7.86. The molecule has 0 amide bonds. The van der Waals surface area contributed by atoms with E-state index in [1.807, 2.05) is 13.0 Å². The molecule has 0 saturated heterocycles. The Balaban J connectivity index is 2.10. The van der Waals surface area contributed by atoms with Gasteiger partial charge in [-0.15, -0.1) is 0 Å². The first-order valence-corrected chi connectivity index (χ1v) is 8.76. The predicted molar refractivity (Wildman–Crippen MR) is 105 cm³/mol. The number of nitrogens with one attached hydrogen (secondary N) is 1. The first-order chi connectivity index (χ1) is 13.0. The maximum Gasteiger partial charge on any atom is 0.156 e. The third-order valence-electron chi connectivity index (χ3n) is 4.38. The van der Waals surface area contributed by atoms with Gasteiger partial charge in [-0.1, -0.05) is 26.0 Å². The molecule has 1 aliphatic heterocycles. The maximum atomic E-state index is 14.4. The van der Waals surface area contributed by atoms with Gasteiger partial charge < -0.3 is 15.6 Å². The van der Waals surface area contributed by atoms with E-state index in [9.17, 15) is 8.78 Å². The normalized spacial score (nSPS) is 15.7. The number of hydrogen-bond acceptors (Lipinski definition) is 3. The Morgan fingerprint density at radius 3 is 2.74 bits per heavy atom. The molecule has 2 aromatic rings. The van der Waals surface area contributed by atoms with E-state index in [0.717, 1.165) is 35.6 Å². The van der Waals surface area contributed by atoms with Crippen molar-refractivity contribution in [2.75, 3.05) is 5.73 Å². The van der Waals surface area contributed by atoms with Gasteiger partial charge in [0.1, 0.15) is 11.6 Å². The first kappa shape index (κ1) is 18.6. The van der Waals surface area contributed by atoms with Crippen LogP contribution < -0.4 is 5.73 Å². The molecular formula is C21H22F2N4. The Bertz CT molecular complexity index is 967. The molecule has 0 radical (unpaired) electrons. The molecule has 1 aromatic heterocycles. The van der Waals surface area contributed by atoms with Gasteiger partial charge in [0.05, 0.1) is 16.9 Å². The highest BCUT2D eigenvalue weighted by Crippen LogP contribution is 2.34. The average molecular weight is 368 g/mol. The van der Waals surface area contributed by atoms with E-state index >= 15 is 0 Å². The number of hydrogen-bond donors (Lipinski definition) is 2. The largest absolute Gasteiger partial charge is 0.396 e. The zero-order valence-electron chi connectivity index (χ0n) is 15.4. The topological polar surface area (TPSA) is 57.9 Å². The van der Waals surface area contributed by atoms with E-state index in [2.05, 4.69) is 23.5 Å². The van der Waals surface area contributed by atoms with Gasteiger partial charge in [-0.2, -0.15) is 0 Å². The van der Waals surface area contributed by atoms with Crippen molar-refractivity contribution in [2.24, 2.45) is 0 Å². The second-order valence-electron chi connectivity index (χ2n) is 6.36. The quantitative estimate of drug-likeness (QED) is 0.718. The third kappa shape index (κ3) is 3.56. The molecule has 1 aromatic carbocycles. The van der Waals surface area contributed by atoms with Crippen LogP contribution in [0, 0.1) is 18.6 Å². The Labute approximate surface area is 157 Å². The number of aromatic amines is 1. The standard InChI is InChI=1S/C21H22F2N4/c1-4-6-15(21-25-11-13(3)26-21)18-10-7-14(12-27(18)5-2)19-16(22)8-9-17(24)20(19)23/h5,7-12H,2,4,6,24H2,1,3H3,(H,25,26)/b18-15+. The third-order valence-corrected chi connectivity index (χ3v) is 4.38. The van der Waals surface area contributed by atoms with Crippen LogP contribution in [0.25, 0.3) is 11.1 Å². The van der Waals surface area contributed by atoms with Crippen LogP contribution in [0.5, 0.6) is 0 Å². The van der Waals surface area contributed by atoms with Crippen LogP contribution in [0.2, 0.25) is 0 Å². The van der Waals surface area contributed by atoms with Crippen LogP contribution in [-0.2, 0) is 0 Å². The van der Waals surface area contributed by atoms with E-state index in [4.69, 9.17) is 5.73 Å². The second kappa shape index (κ2) is 7.61. The number of nitrogen functional groups attached to an aromatic ring is 1. The van der Waals surface area contributed by atoms with Crippen molar-refractivity contribution >= 4 is 16.8 Å². The van der Waals surface area contributed by atoms with Gasteiger partial charge >= 0.3 is 0 Å². The summed E-state index contributed by atoms with van der Waals surface area (Å²) in [5.41, 5.74) is 8.57. The van der Waals surface area contributed by atoms with E-state index in [0.29, 0.717) is 5.57 Å². The lowest BCUT2D eigenvalue weighted by atomic mass is 9.98. The fourth-order valence-corrected chi connectivity index (χ4v) is 3.09. The van der Waals surface area contributed by atoms with Crippen LogP contribution in [0.4, 0.5) is 14.5 Å². The lowest BCUT2D eigenvalue weighted by Gasteiger charge is -2.25. The van der Waals surface area contributed by atoms with Crippen molar-refractivity contribution in [1.82, 2.24) is 14.9 Å². The molecule has 0 bridgehead atoms. The van der Waals surface area contributed by atoms with Gasteiger partial charge in [0.25, 0.3) is 0 Å². The van der Waals surface area contributed by atoms with Gasteiger partial charge in [-0.25, -0.2) is 13.8 Å². The molecule has 0 atom stereocenters. The number of nitrogens with two attached hydrogens (primary N) is 1. The number of aryl methyl sites for hydroxylation is 1. The summed E-state index contributed by atoms with van der Waals surface area (Å²) in [6, 6.07) is 2.39. The lowest BCUT2D eigenvalue weighted by molar-refractivity contribution is 0.578. The number of nitrogens with zero attached hydrogens (tertiary/aromatic N) is 2. The molecule has 0 unspecified atom stereocenters. The Morgan fingerprint density at radius 2 is 2.11 bits per heavy atom. The monoisotopic (exact) mass is 368 g/mol. The van der Waals surface area contributed by atoms with Crippen LogP contribution in [0.1, 0.15) is 36.8 Å². The van der Waals surface area contributed by atoms with Crippen molar-refractivity contribution in [3.05, 3.63) is 83.9 Å². The maximum absolute atomic E-state index is 14.4. The second-order valence-corrected chi connectivity index (χ2v) is 6.36. The van der Waals surface area contributed by atoms with E-state index < -0.39 is 11.6 Å². The van der Waals surface area contributed by atoms with Crippen molar-refractivity contribution in [2.45, 2.75) is 26.7 Å². The first-order valence-electron chi connectivity index (χ1n) is 8.76.